The first-order valence-corrected chi connectivity index (χ1v) is 17.0. The van der Waals surface area contributed by atoms with E-state index >= 15 is 0 Å². The zero-order chi connectivity index (χ0) is 33.8. The summed E-state index contributed by atoms with van der Waals surface area (Å²) in [5.74, 6) is 1.06. The fourth-order valence-electron chi connectivity index (χ4n) is 5.44. The summed E-state index contributed by atoms with van der Waals surface area (Å²) >= 11 is 11.0. The van der Waals surface area contributed by atoms with Crippen molar-refractivity contribution < 1.29 is 23.7 Å². The van der Waals surface area contributed by atoms with E-state index in [1.165, 1.54) is 18.4 Å². The van der Waals surface area contributed by atoms with Gasteiger partial charge < -0.3 is 18.9 Å². The topological polar surface area (TPSA) is 88.4 Å². The van der Waals surface area contributed by atoms with Gasteiger partial charge in [-0.25, -0.2) is 9.79 Å². The van der Waals surface area contributed by atoms with Crippen LogP contribution in [0.15, 0.2) is 111 Å². The first kappa shape index (κ1) is 33.3. The van der Waals surface area contributed by atoms with Crippen LogP contribution in [0, 0.1) is 0 Å². The molecule has 0 bridgehead atoms. The Hall–Kier alpha value is -4.64. The molecule has 0 spiro atoms. The van der Waals surface area contributed by atoms with Crippen LogP contribution in [0.4, 0.5) is 0 Å². The first-order chi connectivity index (χ1) is 23.3. The Labute approximate surface area is 294 Å². The lowest BCUT2D eigenvalue weighted by molar-refractivity contribution is -0.138. The minimum absolute atomic E-state index is 0.154. The molecule has 0 saturated heterocycles. The summed E-state index contributed by atoms with van der Waals surface area (Å²) in [5, 5.41) is 0.644. The predicted molar refractivity (Wildman–Crippen MR) is 191 cm³/mol. The van der Waals surface area contributed by atoms with Gasteiger partial charge in [0.15, 0.2) is 16.3 Å². The maximum absolute atomic E-state index is 14.3. The largest absolute Gasteiger partial charge is 0.493 e. The SMILES string of the molecule is CCOC(=O)C1=C(c2ccccc2)N=c2s/c(=C\c3ccc(OCc4cccc(Cl)c4)c(Br)c3)c(=O)n2[C@@H]1c1ccc(OC)c(OC)c1. The van der Waals surface area contributed by atoms with Crippen LogP contribution in [0.5, 0.6) is 17.2 Å². The van der Waals surface area contributed by atoms with E-state index in [-0.39, 0.29) is 17.7 Å². The monoisotopic (exact) mass is 744 g/mol. The molecule has 0 aliphatic carbocycles. The highest BCUT2D eigenvalue weighted by Crippen LogP contribution is 2.38. The number of rotatable bonds is 10. The van der Waals surface area contributed by atoms with Crippen molar-refractivity contribution in [3.63, 3.8) is 0 Å². The van der Waals surface area contributed by atoms with E-state index in [0.29, 0.717) is 49.5 Å². The summed E-state index contributed by atoms with van der Waals surface area (Å²) in [5.41, 5.74) is 3.46. The smallest absolute Gasteiger partial charge is 0.338 e. The molecule has 48 heavy (non-hydrogen) atoms. The van der Waals surface area contributed by atoms with Crippen molar-refractivity contribution in [2.24, 2.45) is 4.99 Å². The maximum Gasteiger partial charge on any atom is 0.338 e. The minimum atomic E-state index is -0.855. The molecule has 1 atom stereocenters. The third kappa shape index (κ3) is 6.82. The highest BCUT2D eigenvalue weighted by Gasteiger charge is 2.35. The van der Waals surface area contributed by atoms with Crippen molar-refractivity contribution in [3.05, 3.63) is 148 Å². The Balaban J connectivity index is 1.48. The standard InChI is InChI=1S/C37H30BrClN2O6S/c1-4-46-36(43)32-33(24-10-6-5-7-11-24)40-37-41(34(32)25-14-16-29(44-2)30(20-25)45-3)35(42)31(48-37)19-22-13-15-28(27(38)18-22)47-21-23-9-8-12-26(39)17-23/h5-20,34H,4,21H2,1-3H3/b31-19-/t34-/m1/s1. The van der Waals surface area contributed by atoms with Crippen LogP contribution in [0.1, 0.15) is 35.2 Å². The molecule has 0 fully saturated rings. The third-order valence-corrected chi connectivity index (χ3v) is 9.47. The molecule has 1 aliphatic heterocycles. The van der Waals surface area contributed by atoms with Gasteiger partial charge in [0.05, 0.1) is 47.1 Å². The van der Waals surface area contributed by atoms with Crippen LogP contribution < -0.4 is 29.1 Å². The predicted octanol–water partition coefficient (Wildman–Crippen LogP) is 6.95. The Morgan fingerprint density at radius 2 is 1.73 bits per heavy atom. The molecule has 244 valence electrons. The zero-order valence-corrected chi connectivity index (χ0v) is 29.4. The van der Waals surface area contributed by atoms with Crippen molar-refractivity contribution in [2.45, 2.75) is 19.6 Å². The molecule has 6 rings (SSSR count). The van der Waals surface area contributed by atoms with Crippen LogP contribution in [0.2, 0.25) is 5.02 Å². The lowest BCUT2D eigenvalue weighted by atomic mass is 9.93. The van der Waals surface area contributed by atoms with E-state index in [0.717, 1.165) is 21.2 Å². The Bertz CT molecular complexity index is 2210. The molecule has 11 heteroatoms. The average molecular weight is 746 g/mol. The van der Waals surface area contributed by atoms with Crippen molar-refractivity contribution in [1.29, 1.82) is 0 Å². The zero-order valence-electron chi connectivity index (χ0n) is 26.2. The van der Waals surface area contributed by atoms with Crippen molar-refractivity contribution in [1.82, 2.24) is 4.57 Å². The van der Waals surface area contributed by atoms with E-state index in [1.54, 1.807) is 36.8 Å². The number of esters is 1. The average Bonchev–Trinajstić information content (AvgIpc) is 3.41. The van der Waals surface area contributed by atoms with Crippen LogP contribution in [-0.2, 0) is 16.1 Å². The van der Waals surface area contributed by atoms with Gasteiger partial charge in [-0.05, 0) is 82.0 Å². The molecule has 8 nitrogen and oxygen atoms in total. The second-order valence-corrected chi connectivity index (χ2v) is 13.0. The number of fused-ring (bicyclic) bond motifs is 1. The van der Waals surface area contributed by atoms with E-state index in [9.17, 15) is 9.59 Å². The normalized spacial score (nSPS) is 14.3. The molecular formula is C37H30BrClN2O6S. The molecule has 4 aromatic carbocycles. The third-order valence-electron chi connectivity index (χ3n) is 7.63. The molecule has 5 aromatic rings. The highest BCUT2D eigenvalue weighted by molar-refractivity contribution is 9.10. The van der Waals surface area contributed by atoms with Gasteiger partial charge in [-0.3, -0.25) is 9.36 Å². The summed E-state index contributed by atoms with van der Waals surface area (Å²) in [4.78, 5) is 33.4. The number of halogens is 2. The lowest BCUT2D eigenvalue weighted by Crippen LogP contribution is -2.40. The first-order valence-electron chi connectivity index (χ1n) is 15.0. The number of nitrogens with zero attached hydrogens (tertiary/aromatic N) is 2. The Morgan fingerprint density at radius 3 is 2.44 bits per heavy atom. The number of methoxy groups -OCH3 is 2. The van der Waals surface area contributed by atoms with Gasteiger partial charge in [0.25, 0.3) is 5.56 Å². The molecule has 0 radical (unpaired) electrons. The number of carbonyl (C=O) groups excluding carboxylic acids is 1. The second-order valence-electron chi connectivity index (χ2n) is 10.7. The summed E-state index contributed by atoms with van der Waals surface area (Å²) in [6.07, 6.45) is 1.80. The van der Waals surface area contributed by atoms with Crippen LogP contribution >= 0.6 is 38.9 Å². The van der Waals surface area contributed by atoms with E-state index in [4.69, 9.17) is 35.5 Å². The van der Waals surface area contributed by atoms with Gasteiger partial charge in [0, 0.05) is 10.6 Å². The minimum Gasteiger partial charge on any atom is -0.493 e. The van der Waals surface area contributed by atoms with Gasteiger partial charge in [-0.15, -0.1) is 0 Å². The fourth-order valence-corrected chi connectivity index (χ4v) is 7.17. The van der Waals surface area contributed by atoms with Crippen molar-refractivity contribution >= 4 is 56.6 Å². The summed E-state index contributed by atoms with van der Waals surface area (Å²) in [7, 11) is 3.09. The van der Waals surface area contributed by atoms with Gasteiger partial charge >= 0.3 is 5.97 Å². The van der Waals surface area contributed by atoms with Crippen LogP contribution in [0.3, 0.4) is 0 Å². The Kier molecular flexibility index (Phi) is 10.1. The number of benzene rings is 4. The molecular weight excluding hydrogens is 716 g/mol. The number of thiazole rings is 1. The molecule has 0 amide bonds. The molecule has 0 N–H and O–H groups in total. The summed E-state index contributed by atoms with van der Waals surface area (Å²) in [6.45, 7) is 2.24. The van der Waals surface area contributed by atoms with E-state index in [1.807, 2.05) is 78.9 Å². The number of hydrogen-bond donors (Lipinski definition) is 0. The summed E-state index contributed by atoms with van der Waals surface area (Å²) < 4.78 is 25.4. The van der Waals surface area contributed by atoms with E-state index < -0.39 is 12.0 Å². The van der Waals surface area contributed by atoms with Gasteiger partial charge in [0.2, 0.25) is 0 Å². The van der Waals surface area contributed by atoms with Gasteiger partial charge in [-0.2, -0.15) is 0 Å². The number of carbonyl (C=O) groups is 1. The highest BCUT2D eigenvalue weighted by atomic mass is 79.9. The quantitative estimate of drug-likeness (QED) is 0.144. The second kappa shape index (κ2) is 14.6. The maximum atomic E-state index is 14.3. The van der Waals surface area contributed by atoms with Gasteiger partial charge in [0.1, 0.15) is 12.4 Å². The molecule has 1 aromatic heterocycles. The van der Waals surface area contributed by atoms with E-state index in [2.05, 4.69) is 15.9 Å². The van der Waals surface area contributed by atoms with Crippen molar-refractivity contribution in [3.8, 4) is 17.2 Å². The molecule has 0 unspecified atom stereocenters. The van der Waals surface area contributed by atoms with Crippen LogP contribution in [0.25, 0.3) is 11.8 Å². The fraction of sp³-hybridized carbons (Fsp3) is 0.162. The number of aromatic nitrogens is 1. The number of hydrogen-bond acceptors (Lipinski definition) is 8. The summed E-state index contributed by atoms with van der Waals surface area (Å²) in [6, 6.07) is 27.0. The molecule has 0 saturated carbocycles. The number of ether oxygens (including phenoxy) is 4. The molecule has 2 heterocycles. The lowest BCUT2D eigenvalue weighted by Gasteiger charge is -2.26. The van der Waals surface area contributed by atoms with Crippen molar-refractivity contribution in [2.75, 3.05) is 20.8 Å². The van der Waals surface area contributed by atoms with Gasteiger partial charge in [-0.1, -0.05) is 77.5 Å². The molecule has 1 aliphatic rings. The van der Waals surface area contributed by atoms with Crippen LogP contribution in [-0.4, -0.2) is 31.4 Å². The Morgan fingerprint density at radius 1 is 0.958 bits per heavy atom.